The standard InChI is InChI=1S/C11H20N2O4/c1-7(8(14)9(15)13(5)6)12-10(16)17-11(2,3)4/h7H,1-6H3,(H,12,16). The van der Waals surface area contributed by atoms with Crippen LogP contribution in [-0.4, -0.2) is 48.4 Å². The van der Waals surface area contributed by atoms with Crippen molar-refractivity contribution in [2.24, 2.45) is 0 Å². The number of carbonyl (C=O) groups is 3. The minimum absolute atomic E-state index is 0.640. The molecule has 6 nitrogen and oxygen atoms in total. The molecule has 2 amide bonds. The average Bonchev–Trinajstić information content (AvgIpc) is 2.11. The highest BCUT2D eigenvalue weighted by molar-refractivity contribution is 6.38. The summed E-state index contributed by atoms with van der Waals surface area (Å²) >= 11 is 0. The second-order valence-electron chi connectivity index (χ2n) is 4.93. The van der Waals surface area contributed by atoms with Crippen molar-refractivity contribution in [3.05, 3.63) is 0 Å². The first-order valence-electron chi connectivity index (χ1n) is 5.29. The summed E-state index contributed by atoms with van der Waals surface area (Å²) < 4.78 is 4.97. The van der Waals surface area contributed by atoms with Gasteiger partial charge in [-0.05, 0) is 27.7 Å². The third-order valence-electron chi connectivity index (χ3n) is 1.74. The van der Waals surface area contributed by atoms with Crippen LogP contribution in [0.1, 0.15) is 27.7 Å². The summed E-state index contributed by atoms with van der Waals surface area (Å²) in [5, 5.41) is 2.31. The number of hydrogen-bond acceptors (Lipinski definition) is 4. The number of nitrogens with zero attached hydrogens (tertiary/aromatic N) is 1. The number of ether oxygens (including phenoxy) is 1. The summed E-state index contributed by atoms with van der Waals surface area (Å²) in [7, 11) is 2.95. The predicted molar refractivity (Wildman–Crippen MR) is 62.5 cm³/mol. The number of likely N-dealkylation sites (N-methyl/N-ethyl adjacent to an activating group) is 1. The first-order valence-corrected chi connectivity index (χ1v) is 5.29. The van der Waals surface area contributed by atoms with Crippen molar-refractivity contribution in [2.75, 3.05) is 14.1 Å². The Hall–Kier alpha value is -1.59. The van der Waals surface area contributed by atoms with Gasteiger partial charge >= 0.3 is 6.09 Å². The number of alkyl carbamates (subject to hydrolysis) is 1. The van der Waals surface area contributed by atoms with Gasteiger partial charge in [0.25, 0.3) is 5.91 Å². The largest absolute Gasteiger partial charge is 0.444 e. The Morgan fingerprint density at radius 2 is 1.65 bits per heavy atom. The first kappa shape index (κ1) is 15.4. The van der Waals surface area contributed by atoms with E-state index in [4.69, 9.17) is 4.74 Å². The monoisotopic (exact) mass is 244 g/mol. The van der Waals surface area contributed by atoms with Crippen molar-refractivity contribution in [3.63, 3.8) is 0 Å². The van der Waals surface area contributed by atoms with Gasteiger partial charge in [0.05, 0.1) is 6.04 Å². The number of rotatable bonds is 3. The van der Waals surface area contributed by atoms with Gasteiger partial charge in [0.2, 0.25) is 5.78 Å². The molecule has 17 heavy (non-hydrogen) atoms. The van der Waals surface area contributed by atoms with Gasteiger partial charge in [-0.25, -0.2) is 4.79 Å². The Morgan fingerprint density at radius 1 is 1.18 bits per heavy atom. The van der Waals surface area contributed by atoms with E-state index in [-0.39, 0.29) is 0 Å². The molecule has 0 radical (unpaired) electrons. The lowest BCUT2D eigenvalue weighted by Crippen LogP contribution is -2.46. The van der Waals surface area contributed by atoms with E-state index in [1.54, 1.807) is 20.8 Å². The second kappa shape index (κ2) is 5.65. The normalized spacial score (nSPS) is 12.6. The second-order valence-corrected chi connectivity index (χ2v) is 4.93. The molecule has 0 aromatic heterocycles. The van der Waals surface area contributed by atoms with E-state index < -0.39 is 29.4 Å². The molecule has 0 aromatic carbocycles. The fourth-order valence-corrected chi connectivity index (χ4v) is 0.955. The third-order valence-corrected chi connectivity index (χ3v) is 1.74. The Morgan fingerprint density at radius 3 is 2.00 bits per heavy atom. The molecule has 0 fully saturated rings. The van der Waals surface area contributed by atoms with Crippen LogP contribution in [0.15, 0.2) is 0 Å². The fraction of sp³-hybridized carbons (Fsp3) is 0.727. The van der Waals surface area contributed by atoms with Crippen molar-refractivity contribution in [3.8, 4) is 0 Å². The summed E-state index contributed by atoms with van der Waals surface area (Å²) in [5.74, 6) is -1.34. The van der Waals surface area contributed by atoms with Crippen LogP contribution in [0.2, 0.25) is 0 Å². The average molecular weight is 244 g/mol. The van der Waals surface area contributed by atoms with Crippen LogP contribution in [-0.2, 0) is 14.3 Å². The molecule has 0 spiro atoms. The molecule has 0 aliphatic rings. The van der Waals surface area contributed by atoms with Crippen molar-refractivity contribution in [1.82, 2.24) is 10.2 Å². The highest BCUT2D eigenvalue weighted by Crippen LogP contribution is 2.06. The molecule has 0 aliphatic carbocycles. The molecule has 0 heterocycles. The Kier molecular flexibility index (Phi) is 5.12. The summed E-state index contributed by atoms with van der Waals surface area (Å²) in [6.07, 6.45) is -0.718. The van der Waals surface area contributed by atoms with Crippen LogP contribution in [0.25, 0.3) is 0 Å². The summed E-state index contributed by atoms with van der Waals surface area (Å²) in [4.78, 5) is 35.4. The lowest BCUT2D eigenvalue weighted by Gasteiger charge is -2.21. The third kappa shape index (κ3) is 5.89. The van der Waals surface area contributed by atoms with Crippen LogP contribution in [0.3, 0.4) is 0 Å². The van der Waals surface area contributed by atoms with Gasteiger partial charge in [0.1, 0.15) is 5.60 Å². The zero-order valence-electron chi connectivity index (χ0n) is 11.2. The van der Waals surface area contributed by atoms with Gasteiger partial charge in [0, 0.05) is 14.1 Å². The highest BCUT2D eigenvalue weighted by Gasteiger charge is 2.26. The molecule has 1 unspecified atom stereocenters. The minimum atomic E-state index is -0.903. The first-order chi connectivity index (χ1) is 7.54. The van der Waals surface area contributed by atoms with Crippen LogP contribution >= 0.6 is 0 Å². The van der Waals surface area contributed by atoms with Gasteiger partial charge in [-0.1, -0.05) is 0 Å². The van der Waals surface area contributed by atoms with Crippen molar-refractivity contribution in [1.29, 1.82) is 0 Å². The van der Waals surface area contributed by atoms with Gasteiger partial charge in [-0.15, -0.1) is 0 Å². The molecule has 1 atom stereocenters. The molecule has 0 rings (SSSR count). The van der Waals surface area contributed by atoms with E-state index in [1.807, 2.05) is 0 Å². The zero-order chi connectivity index (χ0) is 13.8. The quantitative estimate of drug-likeness (QED) is 0.736. The number of hydrogen-bond donors (Lipinski definition) is 1. The van der Waals surface area contributed by atoms with E-state index in [9.17, 15) is 14.4 Å². The smallest absolute Gasteiger partial charge is 0.408 e. The molecule has 1 N–H and O–H groups in total. The summed E-state index contributed by atoms with van der Waals surface area (Å²) in [6.45, 7) is 6.58. The Bertz CT molecular complexity index is 318. The topological polar surface area (TPSA) is 75.7 Å². The summed E-state index contributed by atoms with van der Waals surface area (Å²) in [6, 6.07) is -0.903. The van der Waals surface area contributed by atoms with E-state index in [0.717, 1.165) is 4.90 Å². The van der Waals surface area contributed by atoms with Crippen LogP contribution in [0, 0.1) is 0 Å². The number of nitrogens with one attached hydrogen (secondary N) is 1. The SMILES string of the molecule is CC(NC(=O)OC(C)(C)C)C(=O)C(=O)N(C)C. The lowest BCUT2D eigenvalue weighted by molar-refractivity contribution is -0.143. The van der Waals surface area contributed by atoms with Crippen molar-refractivity contribution in [2.45, 2.75) is 39.3 Å². The fourth-order valence-electron chi connectivity index (χ4n) is 0.955. The maximum absolute atomic E-state index is 11.5. The van der Waals surface area contributed by atoms with Crippen LogP contribution < -0.4 is 5.32 Å². The lowest BCUT2D eigenvalue weighted by atomic mass is 10.2. The van der Waals surface area contributed by atoms with E-state index in [2.05, 4.69) is 5.32 Å². The Balaban J connectivity index is 4.36. The van der Waals surface area contributed by atoms with E-state index in [1.165, 1.54) is 21.0 Å². The summed E-state index contributed by atoms with van der Waals surface area (Å²) in [5.41, 5.74) is -0.640. The van der Waals surface area contributed by atoms with Gasteiger partial charge in [-0.3, -0.25) is 9.59 Å². The van der Waals surface area contributed by atoms with Crippen LogP contribution in [0.4, 0.5) is 4.79 Å². The predicted octanol–water partition coefficient (Wildman–Crippen LogP) is 0.557. The van der Waals surface area contributed by atoms with Crippen molar-refractivity contribution >= 4 is 17.8 Å². The molecule has 0 bridgehead atoms. The molecule has 0 saturated carbocycles. The Labute approximate surface area is 101 Å². The highest BCUT2D eigenvalue weighted by atomic mass is 16.6. The van der Waals surface area contributed by atoms with Gasteiger partial charge in [-0.2, -0.15) is 0 Å². The molecule has 0 aliphatic heterocycles. The van der Waals surface area contributed by atoms with Gasteiger partial charge in [0.15, 0.2) is 0 Å². The number of ketones is 1. The maximum atomic E-state index is 11.5. The zero-order valence-corrected chi connectivity index (χ0v) is 11.2. The molecular weight excluding hydrogens is 224 g/mol. The molecular formula is C11H20N2O4. The van der Waals surface area contributed by atoms with Crippen LogP contribution in [0.5, 0.6) is 0 Å². The minimum Gasteiger partial charge on any atom is -0.444 e. The number of Topliss-reactive ketones (excluding diaryl/α,β-unsaturated/α-hetero) is 1. The number of amides is 2. The number of carbonyl (C=O) groups excluding carboxylic acids is 3. The van der Waals surface area contributed by atoms with Gasteiger partial charge < -0.3 is 15.0 Å². The molecule has 0 saturated heterocycles. The molecule has 0 aromatic rings. The maximum Gasteiger partial charge on any atom is 0.408 e. The molecule has 6 heteroatoms. The molecule has 98 valence electrons. The van der Waals surface area contributed by atoms with E-state index in [0.29, 0.717) is 0 Å². The van der Waals surface area contributed by atoms with Crippen molar-refractivity contribution < 1.29 is 19.1 Å². The van der Waals surface area contributed by atoms with E-state index >= 15 is 0 Å².